The van der Waals surface area contributed by atoms with Gasteiger partial charge < -0.3 is 16.0 Å². The summed E-state index contributed by atoms with van der Waals surface area (Å²) in [6.45, 7) is 0. The normalized spacial score (nSPS) is 10.2. The number of rotatable bonds is 3. The van der Waals surface area contributed by atoms with Crippen LogP contribution in [-0.4, -0.2) is 20.0 Å². The standard InChI is InChI=1S/C15H16FN3O/c1-19(2)12-5-3-4-10(8-12)15(20)18-11-6-7-13(16)14(17)9-11/h3-9H,17H2,1-2H3,(H,18,20). The molecule has 0 saturated carbocycles. The van der Waals surface area contributed by atoms with E-state index >= 15 is 0 Å². The number of carbonyl (C=O) groups is 1. The lowest BCUT2D eigenvalue weighted by Crippen LogP contribution is -2.14. The van der Waals surface area contributed by atoms with Gasteiger partial charge in [0.15, 0.2) is 0 Å². The minimum atomic E-state index is -0.502. The van der Waals surface area contributed by atoms with Gasteiger partial charge in [0.25, 0.3) is 5.91 Å². The molecule has 2 rings (SSSR count). The number of carbonyl (C=O) groups excluding carboxylic acids is 1. The number of nitrogen functional groups attached to an aromatic ring is 1. The molecule has 2 aromatic rings. The molecule has 104 valence electrons. The summed E-state index contributed by atoms with van der Waals surface area (Å²) in [5.74, 6) is -0.766. The van der Waals surface area contributed by atoms with Crippen LogP contribution in [0.4, 0.5) is 21.5 Å². The van der Waals surface area contributed by atoms with Crippen molar-refractivity contribution in [3.63, 3.8) is 0 Å². The van der Waals surface area contributed by atoms with Crippen LogP contribution < -0.4 is 16.0 Å². The van der Waals surface area contributed by atoms with E-state index in [0.717, 1.165) is 5.69 Å². The van der Waals surface area contributed by atoms with E-state index in [0.29, 0.717) is 11.3 Å². The molecule has 20 heavy (non-hydrogen) atoms. The Morgan fingerprint density at radius 1 is 1.20 bits per heavy atom. The van der Waals surface area contributed by atoms with Gasteiger partial charge in [0.05, 0.1) is 5.69 Å². The summed E-state index contributed by atoms with van der Waals surface area (Å²) in [5.41, 5.74) is 7.39. The van der Waals surface area contributed by atoms with Crippen LogP contribution in [0.15, 0.2) is 42.5 Å². The predicted molar refractivity (Wildman–Crippen MR) is 79.5 cm³/mol. The van der Waals surface area contributed by atoms with Crippen molar-refractivity contribution in [3.05, 3.63) is 53.8 Å². The van der Waals surface area contributed by atoms with Gasteiger partial charge in [-0.05, 0) is 36.4 Å². The van der Waals surface area contributed by atoms with Gasteiger partial charge >= 0.3 is 0 Å². The molecule has 3 N–H and O–H groups in total. The molecule has 4 nitrogen and oxygen atoms in total. The number of benzene rings is 2. The molecule has 0 saturated heterocycles. The number of halogens is 1. The largest absolute Gasteiger partial charge is 0.396 e. The SMILES string of the molecule is CN(C)c1cccc(C(=O)Nc2ccc(F)c(N)c2)c1. The van der Waals surface area contributed by atoms with Crippen LogP contribution in [0.5, 0.6) is 0 Å². The first kappa shape index (κ1) is 13.9. The average Bonchev–Trinajstić information content (AvgIpc) is 2.43. The molecule has 0 spiro atoms. The molecule has 0 fully saturated rings. The number of nitrogens with two attached hydrogens (primary N) is 1. The molecule has 0 unspecified atom stereocenters. The lowest BCUT2D eigenvalue weighted by molar-refractivity contribution is 0.102. The summed E-state index contributed by atoms with van der Waals surface area (Å²) < 4.78 is 13.1. The minimum absolute atomic E-state index is 0.00448. The molecule has 5 heteroatoms. The zero-order chi connectivity index (χ0) is 14.7. The summed E-state index contributed by atoms with van der Waals surface area (Å²) in [5, 5.41) is 2.69. The highest BCUT2D eigenvalue weighted by atomic mass is 19.1. The average molecular weight is 273 g/mol. The van der Waals surface area contributed by atoms with E-state index in [4.69, 9.17) is 5.73 Å². The Hall–Kier alpha value is -2.56. The number of anilines is 3. The Morgan fingerprint density at radius 2 is 1.95 bits per heavy atom. The van der Waals surface area contributed by atoms with Crippen molar-refractivity contribution in [2.24, 2.45) is 0 Å². The highest BCUT2D eigenvalue weighted by Crippen LogP contribution is 2.18. The first-order valence-electron chi connectivity index (χ1n) is 6.11. The fourth-order valence-corrected chi connectivity index (χ4v) is 1.75. The van der Waals surface area contributed by atoms with E-state index in [1.165, 1.54) is 18.2 Å². The Labute approximate surface area is 117 Å². The van der Waals surface area contributed by atoms with Gasteiger partial charge in [0, 0.05) is 31.0 Å². The van der Waals surface area contributed by atoms with Gasteiger partial charge in [0.1, 0.15) is 5.82 Å². The van der Waals surface area contributed by atoms with Crippen LogP contribution in [0, 0.1) is 5.82 Å². The molecular weight excluding hydrogens is 257 g/mol. The molecule has 1 amide bonds. The smallest absolute Gasteiger partial charge is 0.255 e. The quantitative estimate of drug-likeness (QED) is 0.845. The van der Waals surface area contributed by atoms with Crippen LogP contribution in [0.3, 0.4) is 0 Å². The summed E-state index contributed by atoms with van der Waals surface area (Å²) in [6, 6.07) is 11.3. The van der Waals surface area contributed by atoms with Gasteiger partial charge in [-0.1, -0.05) is 6.07 Å². The van der Waals surface area contributed by atoms with Crippen LogP contribution in [0.1, 0.15) is 10.4 Å². The fourth-order valence-electron chi connectivity index (χ4n) is 1.75. The molecule has 0 bridgehead atoms. The summed E-state index contributed by atoms with van der Waals surface area (Å²) in [7, 11) is 3.80. The van der Waals surface area contributed by atoms with Gasteiger partial charge in [-0.25, -0.2) is 4.39 Å². The third-order valence-electron chi connectivity index (χ3n) is 2.88. The predicted octanol–water partition coefficient (Wildman–Crippen LogP) is 2.73. The molecule has 2 aromatic carbocycles. The molecule has 0 aromatic heterocycles. The number of hydrogen-bond acceptors (Lipinski definition) is 3. The summed E-state index contributed by atoms with van der Waals surface area (Å²) >= 11 is 0. The van der Waals surface area contributed by atoms with Gasteiger partial charge in [-0.2, -0.15) is 0 Å². The first-order chi connectivity index (χ1) is 9.47. The Morgan fingerprint density at radius 3 is 2.60 bits per heavy atom. The Balaban J connectivity index is 2.19. The number of hydrogen-bond donors (Lipinski definition) is 2. The van der Waals surface area contributed by atoms with Crippen LogP contribution >= 0.6 is 0 Å². The van der Waals surface area contributed by atoms with E-state index < -0.39 is 5.82 Å². The van der Waals surface area contributed by atoms with Crippen LogP contribution in [-0.2, 0) is 0 Å². The van der Waals surface area contributed by atoms with Gasteiger partial charge in [-0.3, -0.25) is 4.79 Å². The summed E-state index contributed by atoms with van der Waals surface area (Å²) in [6.07, 6.45) is 0. The van der Waals surface area contributed by atoms with Crippen molar-refractivity contribution >= 4 is 23.0 Å². The molecule has 0 aliphatic carbocycles. The highest BCUT2D eigenvalue weighted by Gasteiger charge is 2.08. The fraction of sp³-hybridized carbons (Fsp3) is 0.133. The molecule has 0 radical (unpaired) electrons. The number of amides is 1. The van der Waals surface area contributed by atoms with Crippen molar-refractivity contribution in [1.29, 1.82) is 0 Å². The molecule has 0 atom stereocenters. The maximum absolute atomic E-state index is 13.1. The van der Waals surface area contributed by atoms with Crippen LogP contribution in [0.2, 0.25) is 0 Å². The van der Waals surface area contributed by atoms with Gasteiger partial charge in [0.2, 0.25) is 0 Å². The van der Waals surface area contributed by atoms with Crippen molar-refractivity contribution in [1.82, 2.24) is 0 Å². The first-order valence-corrected chi connectivity index (χ1v) is 6.11. The second-order valence-corrected chi connectivity index (χ2v) is 4.64. The third kappa shape index (κ3) is 3.06. The van der Waals surface area contributed by atoms with E-state index in [9.17, 15) is 9.18 Å². The third-order valence-corrected chi connectivity index (χ3v) is 2.88. The Bertz CT molecular complexity index is 641. The molecule has 0 aliphatic rings. The highest BCUT2D eigenvalue weighted by molar-refractivity contribution is 6.05. The molecule has 0 heterocycles. The molecular formula is C15H16FN3O. The topological polar surface area (TPSA) is 58.4 Å². The maximum atomic E-state index is 13.1. The monoisotopic (exact) mass is 273 g/mol. The van der Waals surface area contributed by atoms with Crippen molar-refractivity contribution in [3.8, 4) is 0 Å². The van der Waals surface area contributed by atoms with E-state index in [2.05, 4.69) is 5.32 Å². The van der Waals surface area contributed by atoms with E-state index in [-0.39, 0.29) is 11.6 Å². The van der Waals surface area contributed by atoms with Crippen LogP contribution in [0.25, 0.3) is 0 Å². The van der Waals surface area contributed by atoms with Gasteiger partial charge in [-0.15, -0.1) is 0 Å². The second kappa shape index (κ2) is 5.61. The van der Waals surface area contributed by atoms with E-state index in [1.807, 2.05) is 31.1 Å². The number of nitrogens with zero attached hydrogens (tertiary/aromatic N) is 1. The lowest BCUT2D eigenvalue weighted by Gasteiger charge is -2.13. The maximum Gasteiger partial charge on any atom is 0.255 e. The van der Waals surface area contributed by atoms with Crippen molar-refractivity contribution in [2.75, 3.05) is 30.0 Å². The van der Waals surface area contributed by atoms with Crippen molar-refractivity contribution < 1.29 is 9.18 Å². The Kier molecular flexibility index (Phi) is 3.89. The summed E-state index contributed by atoms with van der Waals surface area (Å²) in [4.78, 5) is 14.0. The molecule has 0 aliphatic heterocycles. The van der Waals surface area contributed by atoms with E-state index in [1.54, 1.807) is 12.1 Å². The second-order valence-electron chi connectivity index (χ2n) is 4.64. The van der Waals surface area contributed by atoms with Crippen molar-refractivity contribution in [2.45, 2.75) is 0 Å². The zero-order valence-corrected chi connectivity index (χ0v) is 11.4. The minimum Gasteiger partial charge on any atom is -0.396 e. The zero-order valence-electron chi connectivity index (χ0n) is 11.4. The lowest BCUT2D eigenvalue weighted by atomic mass is 10.1. The number of nitrogens with one attached hydrogen (secondary N) is 1.